The minimum Gasteiger partial charge on any atom is -0.477 e. The molecule has 3 N–H and O–H groups in total. The molecule has 2 heterocycles. The normalized spacial score (nSPS) is 19.0. The molecule has 1 aliphatic rings. The number of carbonyl (C=O) groups excluding carboxylic acids is 1. The van der Waals surface area contributed by atoms with Crippen LogP contribution < -0.4 is 15.8 Å². The number of hydrogen-bond donors (Lipinski definition) is 2. The number of alkyl halides is 2. The Balaban J connectivity index is 1.89. The van der Waals surface area contributed by atoms with Crippen LogP contribution in [0.3, 0.4) is 0 Å². The number of nitrogens with one attached hydrogen (secondary N) is 1. The van der Waals surface area contributed by atoms with Crippen LogP contribution in [-0.4, -0.2) is 48.0 Å². The lowest BCUT2D eigenvalue weighted by atomic mass is 9.90. The molecule has 1 atom stereocenters. The molecule has 0 radical (unpaired) electrons. The molecule has 0 saturated carbocycles. The van der Waals surface area contributed by atoms with Crippen molar-refractivity contribution in [1.82, 2.24) is 9.97 Å². The maximum absolute atomic E-state index is 14.4. The van der Waals surface area contributed by atoms with E-state index in [1.165, 1.54) is 18.5 Å². The molecule has 0 bridgehead atoms. The highest BCUT2D eigenvalue weighted by Crippen LogP contribution is 2.37. The number of carbonyl (C=O) groups is 1. The third kappa shape index (κ3) is 4.29. The quantitative estimate of drug-likeness (QED) is 0.756. The first-order chi connectivity index (χ1) is 13.9. The Morgan fingerprint density at radius 1 is 1.38 bits per heavy atom. The lowest BCUT2D eigenvalue weighted by molar-refractivity contribution is -0.0145. The van der Waals surface area contributed by atoms with Crippen molar-refractivity contribution in [1.29, 1.82) is 0 Å². The summed E-state index contributed by atoms with van der Waals surface area (Å²) in [5, 5.41) is 2.47. The number of benzene rings is 1. The Bertz CT molecular complexity index is 923. The Kier molecular flexibility index (Phi) is 5.97. The van der Waals surface area contributed by atoms with Gasteiger partial charge in [0.1, 0.15) is 24.0 Å². The van der Waals surface area contributed by atoms with Crippen LogP contribution in [0, 0.1) is 5.82 Å². The molecule has 154 valence electrons. The summed E-state index contributed by atoms with van der Waals surface area (Å²) in [5.74, 6) is -1.51. The summed E-state index contributed by atoms with van der Waals surface area (Å²) in [5.41, 5.74) is 2.83. The predicted molar refractivity (Wildman–Crippen MR) is 97.7 cm³/mol. The Morgan fingerprint density at radius 2 is 2.17 bits per heavy atom. The number of rotatable bonds is 6. The lowest BCUT2D eigenvalue weighted by Crippen LogP contribution is -2.45. The molecule has 8 nitrogen and oxygen atoms in total. The van der Waals surface area contributed by atoms with Crippen LogP contribution >= 0.6 is 0 Å². The van der Waals surface area contributed by atoms with E-state index in [1.807, 2.05) is 0 Å². The van der Waals surface area contributed by atoms with Crippen molar-refractivity contribution in [2.45, 2.75) is 18.9 Å². The van der Waals surface area contributed by atoms with Crippen molar-refractivity contribution < 1.29 is 27.4 Å². The van der Waals surface area contributed by atoms with Crippen molar-refractivity contribution in [3.8, 4) is 5.88 Å². The fourth-order valence-electron chi connectivity index (χ4n) is 2.79. The average molecular weight is 409 g/mol. The number of amides is 1. The van der Waals surface area contributed by atoms with Crippen LogP contribution in [0.1, 0.15) is 23.0 Å². The molecule has 0 fully saturated rings. The van der Waals surface area contributed by atoms with Gasteiger partial charge >= 0.3 is 0 Å². The fraction of sp³-hybridized carbons (Fsp3) is 0.333. The van der Waals surface area contributed by atoms with Crippen molar-refractivity contribution >= 4 is 17.4 Å². The second-order valence-corrected chi connectivity index (χ2v) is 6.14. The van der Waals surface area contributed by atoms with Gasteiger partial charge in [-0.25, -0.2) is 23.1 Å². The summed E-state index contributed by atoms with van der Waals surface area (Å²) in [7, 11) is 0. The summed E-state index contributed by atoms with van der Waals surface area (Å²) in [6, 6.07) is 3.26. The Labute approximate surface area is 164 Å². The number of nitrogens with two attached hydrogens (primary N) is 1. The number of amidine groups is 1. The number of hydrogen-bond acceptors (Lipinski definition) is 7. The van der Waals surface area contributed by atoms with Crippen molar-refractivity contribution in [3.05, 3.63) is 47.7 Å². The van der Waals surface area contributed by atoms with Gasteiger partial charge in [-0.15, -0.1) is 0 Å². The molecule has 2 aromatic rings. The van der Waals surface area contributed by atoms with Gasteiger partial charge < -0.3 is 20.5 Å². The van der Waals surface area contributed by atoms with Crippen molar-refractivity contribution in [2.75, 3.05) is 25.1 Å². The lowest BCUT2D eigenvalue weighted by Gasteiger charge is -2.33. The van der Waals surface area contributed by atoms with Gasteiger partial charge in [-0.05, 0) is 25.1 Å². The zero-order chi connectivity index (χ0) is 21.0. The predicted octanol–water partition coefficient (Wildman–Crippen LogP) is 2.11. The second kappa shape index (κ2) is 8.43. The highest BCUT2D eigenvalue weighted by molar-refractivity contribution is 6.02. The number of ether oxygens (including phenoxy) is 2. The van der Waals surface area contributed by atoms with E-state index >= 15 is 0 Å². The van der Waals surface area contributed by atoms with Gasteiger partial charge in [-0.3, -0.25) is 9.79 Å². The van der Waals surface area contributed by atoms with Gasteiger partial charge in [-0.2, -0.15) is 0 Å². The molecular weight excluding hydrogens is 391 g/mol. The van der Waals surface area contributed by atoms with Crippen LogP contribution in [-0.2, 0) is 10.3 Å². The third-order valence-corrected chi connectivity index (χ3v) is 4.12. The molecule has 29 heavy (non-hydrogen) atoms. The largest absolute Gasteiger partial charge is 0.477 e. The SMILES string of the molecule is CCOc1cnc(C(=O)Nc2ccc(F)c([C@]3(C(F)F)COCC(N)=N3)c2)cn1. The van der Waals surface area contributed by atoms with Gasteiger partial charge in [0.2, 0.25) is 5.88 Å². The van der Waals surface area contributed by atoms with Crippen LogP contribution in [0.15, 0.2) is 35.6 Å². The standard InChI is InChI=1S/C18H18F3N5O3/c1-2-29-15-7-23-13(6-24-15)16(27)25-10-3-4-12(19)11(5-10)18(17(20)21)9-28-8-14(22)26-18/h3-7,17H,2,8-9H2,1H3,(H2,22,26)(H,25,27)/t18-/m0/s1. The Morgan fingerprint density at radius 3 is 2.79 bits per heavy atom. The molecule has 0 spiro atoms. The maximum atomic E-state index is 14.4. The van der Waals surface area contributed by atoms with E-state index in [0.717, 1.165) is 12.1 Å². The van der Waals surface area contributed by atoms with E-state index in [2.05, 4.69) is 20.3 Å². The molecule has 0 aliphatic carbocycles. The third-order valence-electron chi connectivity index (χ3n) is 4.12. The topological polar surface area (TPSA) is 112 Å². The van der Waals surface area contributed by atoms with Crippen LogP contribution in [0.25, 0.3) is 0 Å². The van der Waals surface area contributed by atoms with E-state index in [0.29, 0.717) is 6.61 Å². The molecule has 1 aromatic heterocycles. The second-order valence-electron chi connectivity index (χ2n) is 6.14. The van der Waals surface area contributed by atoms with E-state index < -0.39 is 35.9 Å². The monoisotopic (exact) mass is 409 g/mol. The first-order valence-electron chi connectivity index (χ1n) is 8.62. The molecule has 3 rings (SSSR count). The molecule has 11 heteroatoms. The first-order valence-corrected chi connectivity index (χ1v) is 8.62. The van der Waals surface area contributed by atoms with E-state index in [4.69, 9.17) is 15.2 Å². The summed E-state index contributed by atoms with van der Waals surface area (Å²) >= 11 is 0. The zero-order valence-corrected chi connectivity index (χ0v) is 15.4. The minimum atomic E-state index is -3.08. The number of aliphatic imine (C=N–C) groups is 1. The smallest absolute Gasteiger partial charge is 0.275 e. The minimum absolute atomic E-state index is 0.0360. The molecular formula is C18H18F3N5O3. The van der Waals surface area contributed by atoms with Crippen molar-refractivity contribution in [2.24, 2.45) is 10.7 Å². The maximum Gasteiger partial charge on any atom is 0.275 e. The summed E-state index contributed by atoms with van der Waals surface area (Å²) in [6.45, 7) is 1.49. The molecule has 0 saturated heterocycles. The highest BCUT2D eigenvalue weighted by atomic mass is 19.3. The van der Waals surface area contributed by atoms with Crippen LogP contribution in [0.2, 0.25) is 0 Å². The van der Waals surface area contributed by atoms with Gasteiger partial charge in [-0.1, -0.05) is 0 Å². The number of aromatic nitrogens is 2. The van der Waals surface area contributed by atoms with E-state index in [-0.39, 0.29) is 29.7 Å². The van der Waals surface area contributed by atoms with E-state index in [1.54, 1.807) is 6.92 Å². The van der Waals surface area contributed by atoms with Gasteiger partial charge in [0.05, 0.1) is 25.6 Å². The summed E-state index contributed by atoms with van der Waals surface area (Å²) in [4.78, 5) is 24.0. The molecule has 1 aromatic carbocycles. The molecule has 1 amide bonds. The molecule has 1 aliphatic heterocycles. The number of halogens is 3. The van der Waals surface area contributed by atoms with Crippen LogP contribution in [0.5, 0.6) is 5.88 Å². The van der Waals surface area contributed by atoms with Gasteiger partial charge in [0.25, 0.3) is 12.3 Å². The van der Waals surface area contributed by atoms with Crippen LogP contribution in [0.4, 0.5) is 18.9 Å². The number of nitrogens with zero attached hydrogens (tertiary/aromatic N) is 3. The molecule has 0 unspecified atom stereocenters. The fourth-order valence-corrected chi connectivity index (χ4v) is 2.79. The van der Waals surface area contributed by atoms with Gasteiger partial charge in [0.15, 0.2) is 5.54 Å². The highest BCUT2D eigenvalue weighted by Gasteiger charge is 2.46. The zero-order valence-electron chi connectivity index (χ0n) is 15.4. The summed E-state index contributed by atoms with van der Waals surface area (Å²) in [6.07, 6.45) is -0.610. The Hall–Kier alpha value is -3.21. The summed E-state index contributed by atoms with van der Waals surface area (Å²) < 4.78 is 52.3. The average Bonchev–Trinajstić information content (AvgIpc) is 2.70. The van der Waals surface area contributed by atoms with Gasteiger partial charge in [0, 0.05) is 11.3 Å². The first kappa shape index (κ1) is 20.5. The van der Waals surface area contributed by atoms with E-state index in [9.17, 15) is 18.0 Å². The van der Waals surface area contributed by atoms with Crippen molar-refractivity contribution in [3.63, 3.8) is 0 Å². The number of anilines is 1.